The minimum Gasteiger partial charge on any atom is -0.345 e. The van der Waals surface area contributed by atoms with Crippen molar-refractivity contribution in [1.29, 1.82) is 0 Å². The number of nitrogens with one attached hydrogen (secondary N) is 4. The fourth-order valence-corrected chi connectivity index (χ4v) is 15.3. The number of aromatic amines is 4. The van der Waals surface area contributed by atoms with Crippen LogP contribution in [0.2, 0.25) is 0 Å². The Kier molecular flexibility index (Phi) is 55.2. The Balaban J connectivity index is -0.000000234. The van der Waals surface area contributed by atoms with E-state index >= 15 is 0 Å². The molecule has 24 radical (unpaired) electrons. The van der Waals surface area contributed by atoms with E-state index < -0.39 is 0 Å². The Morgan fingerprint density at radius 3 is 1.33 bits per heavy atom. The van der Waals surface area contributed by atoms with E-state index in [4.69, 9.17) is 0 Å². The first-order valence-corrected chi connectivity index (χ1v) is 33.8. The van der Waals surface area contributed by atoms with Gasteiger partial charge in [0.15, 0.2) is 0 Å². The predicted octanol–water partition coefficient (Wildman–Crippen LogP) is 22.3. The van der Waals surface area contributed by atoms with Crippen molar-refractivity contribution in [2.75, 3.05) is 0 Å². The van der Waals surface area contributed by atoms with Crippen LogP contribution >= 0.6 is 0 Å². The first kappa shape index (κ1) is 121. The third-order valence-electron chi connectivity index (χ3n) is 20.0. The zero-order valence-corrected chi connectivity index (χ0v) is 58.1. The van der Waals surface area contributed by atoms with Crippen molar-refractivity contribution in [2.45, 2.75) is 214 Å². The van der Waals surface area contributed by atoms with Gasteiger partial charge in [0.2, 0.25) is 0 Å². The van der Waals surface area contributed by atoms with Crippen LogP contribution in [-0.4, -0.2) is 146 Å². The van der Waals surface area contributed by atoms with E-state index in [9.17, 15) is 0 Å². The lowest BCUT2D eigenvalue weighted by Gasteiger charge is -2.01. The summed E-state index contributed by atoms with van der Waals surface area (Å²) in [6.45, 7) is 0. The molecular formula is C95H132B8N16. The van der Waals surface area contributed by atoms with E-state index in [1.807, 2.05) is 58.6 Å². The molecule has 0 amide bonds. The van der Waals surface area contributed by atoms with E-state index in [1.54, 1.807) is 12.7 Å². The summed E-state index contributed by atoms with van der Waals surface area (Å²) in [4.78, 5) is 23.3. The minimum absolute atomic E-state index is 0. The molecule has 12 aromatic heterocycles. The van der Waals surface area contributed by atoms with Crippen molar-refractivity contribution < 1.29 is 0 Å². The molecular weight excluding hydrogens is 1450 g/mol. The Morgan fingerprint density at radius 1 is 0.294 bits per heavy atom. The van der Waals surface area contributed by atoms with Gasteiger partial charge in [-0.3, -0.25) is 10.2 Å². The molecule has 16 aromatic rings. The molecule has 4 aromatic carbocycles. The average molecular weight is 1580 g/mol. The van der Waals surface area contributed by atoms with E-state index in [2.05, 4.69) is 227 Å². The molecule has 0 unspecified atom stereocenters. The molecule has 8 aliphatic rings. The van der Waals surface area contributed by atoms with Gasteiger partial charge in [0.05, 0.1) is 74.9 Å². The van der Waals surface area contributed by atoms with Crippen molar-refractivity contribution >= 4 is 158 Å². The second kappa shape index (κ2) is 54.2. The molecule has 0 spiro atoms. The second-order valence-electron chi connectivity index (χ2n) is 25.5. The van der Waals surface area contributed by atoms with Crippen LogP contribution < -0.4 is 0 Å². The maximum absolute atomic E-state index is 4.33. The van der Waals surface area contributed by atoms with E-state index in [0.717, 1.165) is 53.5 Å². The number of hydrogen-bond acceptors (Lipinski definition) is 8. The highest BCUT2D eigenvalue weighted by molar-refractivity contribution is 5.91. The molecule has 4 N–H and O–H groups in total. The topological polar surface area (TPSA) is 184 Å². The standard InChI is InChI=1S/C10H10N2.C10H8N2.C10H10N2.C10H8N2.C10H10N2.C10H8N2.C10H10N2.C10H8N2.15CH4.8B/c2*1-2-8-5-7-12-10(4-6-11-12)9(8)3-1;2*1-2-8-4-5-10-11-6-7-12(10)9(8)3-1;2*1-2-7-4-5-10-9(6-11-12-10)8(7)3-1;2*1-2-7-4-5-9-10(8(7)3-1)12-6-11-9;;;;;;;;;;;;;;;;;;;;;;;/h4-7H,1-3H2;1,3-7H,2H2;4-7H,1-3H2;1,3-7H,2H2;4-6H,1-3H2,(H,11,12);1,3-6H,2H2,(H,11,12);4-6H,1-3H2,(H,11,12);1,3-6H,2H2,(H,11,12);15*1H4;;;;;;;;. The lowest BCUT2D eigenvalue weighted by Crippen LogP contribution is -1.93. The third kappa shape index (κ3) is 24.2. The molecule has 24 heteroatoms. The minimum atomic E-state index is 0. The smallest absolute Gasteiger partial charge is 0.137 e. The number of aryl methyl sites for hydroxylation is 8. The summed E-state index contributed by atoms with van der Waals surface area (Å²) in [6, 6.07) is 34.2. The SMILES string of the molecule is C.C.C.C.C.C.C.C.C.C.C.C.C.C.C.C1=Cc2c(ccc3[nH]cnc23)C1.C1=Cc2c(ccc3[nH]ncc23)C1.C1=Cc2c(ccc3nccn23)C1.C1=Cc2c(ccn3nccc23)C1.[B].[B].[B].[B].[B].[B].[B].[B].c1cc2[nH]ncc2c2c1CCC2.c1cc2c3c(ccn2n1)CCC3.c1cn2c3c(ccc2n1)CCC3.c1nc2c3c(ccc2[nH]1)CCC3. The van der Waals surface area contributed by atoms with Gasteiger partial charge in [-0.05, 0) is 236 Å². The molecule has 0 saturated carbocycles. The largest absolute Gasteiger partial charge is 0.345 e. The Hall–Kier alpha value is -11.0. The number of hydrogen-bond donors (Lipinski definition) is 4. The Labute approximate surface area is 731 Å². The fraction of sp³-hybridized carbons (Fsp3) is 0.326. The van der Waals surface area contributed by atoms with Crippen LogP contribution in [0.25, 0.3) is 90.5 Å². The summed E-state index contributed by atoms with van der Waals surface area (Å²) in [5, 5.41) is 25.0. The number of nitrogens with zero attached hydrogens (tertiary/aromatic N) is 12. The number of allylic oxidation sites excluding steroid dienone is 4. The molecule has 12 heterocycles. The summed E-state index contributed by atoms with van der Waals surface area (Å²) >= 11 is 0. The van der Waals surface area contributed by atoms with Gasteiger partial charge in [0.25, 0.3) is 0 Å². The average Bonchev–Trinajstić information content (AvgIpc) is 1.77. The molecule has 0 aliphatic heterocycles. The summed E-state index contributed by atoms with van der Waals surface area (Å²) in [6.07, 6.45) is 59.6. The summed E-state index contributed by atoms with van der Waals surface area (Å²) < 4.78 is 8.21. The number of benzene rings is 4. The summed E-state index contributed by atoms with van der Waals surface area (Å²) in [5.41, 5.74) is 34.3. The van der Waals surface area contributed by atoms with Crippen molar-refractivity contribution in [3.8, 4) is 0 Å². The molecule has 0 saturated heterocycles. The van der Waals surface area contributed by atoms with Gasteiger partial charge >= 0.3 is 0 Å². The Morgan fingerprint density at radius 2 is 0.706 bits per heavy atom. The van der Waals surface area contributed by atoms with Crippen LogP contribution in [0.5, 0.6) is 0 Å². The number of aromatic nitrogens is 16. The normalized spacial score (nSPS) is 11.8. The van der Waals surface area contributed by atoms with Gasteiger partial charge in [-0.25, -0.2) is 29.0 Å². The molecule has 8 aliphatic carbocycles. The number of H-pyrrole nitrogens is 4. The van der Waals surface area contributed by atoms with Crippen LogP contribution in [0.1, 0.15) is 226 Å². The van der Waals surface area contributed by atoms with E-state index in [0.29, 0.717) is 0 Å². The first-order chi connectivity index (χ1) is 47.6. The zero-order chi connectivity index (χ0) is 63.7. The van der Waals surface area contributed by atoms with Crippen LogP contribution in [0, 0.1) is 0 Å². The molecule has 0 fully saturated rings. The number of rotatable bonds is 0. The second-order valence-corrected chi connectivity index (χ2v) is 25.5. The molecule has 24 rings (SSSR count). The highest BCUT2D eigenvalue weighted by atomic mass is 15.2. The van der Waals surface area contributed by atoms with E-state index in [1.165, 1.54) is 205 Å². The molecule has 0 bridgehead atoms. The monoisotopic (exact) mass is 1590 g/mol. The van der Waals surface area contributed by atoms with Gasteiger partial charge in [-0.2, -0.15) is 20.4 Å². The number of imidazole rings is 4. The van der Waals surface area contributed by atoms with Crippen LogP contribution in [0.4, 0.5) is 0 Å². The highest BCUT2D eigenvalue weighted by Crippen LogP contribution is 2.32. The highest BCUT2D eigenvalue weighted by Gasteiger charge is 2.19. The van der Waals surface area contributed by atoms with Crippen LogP contribution in [0.15, 0.2) is 196 Å². The summed E-state index contributed by atoms with van der Waals surface area (Å²) in [7, 11) is 0. The first-order valence-electron chi connectivity index (χ1n) is 33.8. The lowest BCUT2D eigenvalue weighted by molar-refractivity contribution is 0.888. The lowest BCUT2D eigenvalue weighted by atomic mass is 10.1. The number of pyridine rings is 4. The molecule has 119 heavy (non-hydrogen) atoms. The van der Waals surface area contributed by atoms with Crippen molar-refractivity contribution in [2.24, 2.45) is 0 Å². The quantitative estimate of drug-likeness (QED) is 0.108. The maximum atomic E-state index is 4.33. The van der Waals surface area contributed by atoms with Gasteiger partial charge in [0.1, 0.15) is 11.3 Å². The summed E-state index contributed by atoms with van der Waals surface area (Å²) in [5.74, 6) is 0. The predicted molar refractivity (Wildman–Crippen MR) is 531 cm³/mol. The van der Waals surface area contributed by atoms with Crippen molar-refractivity contribution in [1.82, 2.24) is 78.3 Å². The number of fused-ring (bicyclic) bond motifs is 24. The van der Waals surface area contributed by atoms with Gasteiger partial charge in [0, 0.05) is 144 Å². The van der Waals surface area contributed by atoms with E-state index in [-0.39, 0.29) is 179 Å². The van der Waals surface area contributed by atoms with Crippen molar-refractivity contribution in [3.05, 3.63) is 285 Å². The van der Waals surface area contributed by atoms with Gasteiger partial charge < -0.3 is 18.8 Å². The van der Waals surface area contributed by atoms with Crippen LogP contribution in [0.3, 0.4) is 0 Å². The maximum Gasteiger partial charge on any atom is 0.137 e. The Bertz CT molecular complexity index is 4990. The molecule has 0 atom stereocenters. The molecule has 16 nitrogen and oxygen atoms in total. The van der Waals surface area contributed by atoms with Crippen LogP contribution in [-0.2, 0) is 77.0 Å². The molecule has 616 valence electrons. The fourth-order valence-electron chi connectivity index (χ4n) is 15.3. The van der Waals surface area contributed by atoms with Gasteiger partial charge in [-0.15, -0.1) is 0 Å². The zero-order valence-electron chi connectivity index (χ0n) is 58.1. The van der Waals surface area contributed by atoms with Gasteiger partial charge in [-0.1, -0.05) is 190 Å². The third-order valence-corrected chi connectivity index (χ3v) is 20.0. The van der Waals surface area contributed by atoms with Crippen molar-refractivity contribution in [3.63, 3.8) is 0 Å².